The number of hydrogen-bond acceptors (Lipinski definition) is 2. The van der Waals surface area contributed by atoms with E-state index in [1.165, 1.54) is 6.42 Å². The van der Waals surface area contributed by atoms with Crippen molar-refractivity contribution in [2.24, 2.45) is 0 Å². The van der Waals surface area contributed by atoms with Crippen LogP contribution in [0.1, 0.15) is 20.3 Å². The average molecular weight is 169 g/mol. The third kappa shape index (κ3) is 2.21. The van der Waals surface area contributed by atoms with Gasteiger partial charge in [-0.15, -0.1) is 0 Å². The van der Waals surface area contributed by atoms with Gasteiger partial charge in [-0.1, -0.05) is 0 Å². The quantitative estimate of drug-likeness (QED) is 0.433. The van der Waals surface area contributed by atoms with E-state index in [0.29, 0.717) is 11.9 Å². The van der Waals surface area contributed by atoms with Crippen molar-refractivity contribution in [3.63, 3.8) is 0 Å². The zero-order valence-electron chi connectivity index (χ0n) is 8.30. The molecule has 1 saturated heterocycles. The van der Waals surface area contributed by atoms with Crippen LogP contribution in [0.3, 0.4) is 0 Å². The van der Waals surface area contributed by atoms with Crippen LogP contribution in [0.25, 0.3) is 0 Å². The molecule has 3 nitrogen and oxygen atoms in total. The highest BCUT2D eigenvalue weighted by atomic mass is 15.2. The lowest BCUT2D eigenvalue weighted by molar-refractivity contribution is 0.284. The normalized spacial score (nSPS) is 26.9. The van der Waals surface area contributed by atoms with E-state index < -0.39 is 0 Å². The van der Waals surface area contributed by atoms with Crippen LogP contribution < -0.4 is 0 Å². The summed E-state index contributed by atoms with van der Waals surface area (Å²) in [6.45, 7) is 7.35. The highest BCUT2D eigenvalue weighted by Crippen LogP contribution is 2.08. The van der Waals surface area contributed by atoms with Gasteiger partial charge in [-0.25, -0.2) is 0 Å². The van der Waals surface area contributed by atoms with Crippen molar-refractivity contribution < 1.29 is 0 Å². The zero-order valence-corrected chi connectivity index (χ0v) is 8.30. The molecule has 1 unspecified atom stereocenters. The molecule has 0 radical (unpaired) electrons. The summed E-state index contributed by atoms with van der Waals surface area (Å²) in [6, 6.07) is 0.495. The summed E-state index contributed by atoms with van der Waals surface area (Å²) < 4.78 is 0. The van der Waals surface area contributed by atoms with Gasteiger partial charge in [0, 0.05) is 19.1 Å². The van der Waals surface area contributed by atoms with Gasteiger partial charge in [0.25, 0.3) is 0 Å². The maximum absolute atomic E-state index is 7.59. The molecule has 1 heterocycles. The van der Waals surface area contributed by atoms with Crippen LogP contribution in [-0.4, -0.2) is 48.4 Å². The van der Waals surface area contributed by atoms with Crippen LogP contribution in [0.4, 0.5) is 0 Å². The second kappa shape index (κ2) is 3.90. The SMILES string of the molecule is CC(=N)N1CCCN(C)CC1C. The summed E-state index contributed by atoms with van der Waals surface area (Å²) in [5, 5.41) is 7.59. The van der Waals surface area contributed by atoms with Gasteiger partial charge in [-0.2, -0.15) is 0 Å². The minimum absolute atomic E-state index is 0.495. The van der Waals surface area contributed by atoms with Crippen LogP contribution in [0, 0.1) is 5.41 Å². The molecular formula is C9H19N3. The largest absolute Gasteiger partial charge is 0.357 e. The van der Waals surface area contributed by atoms with Gasteiger partial charge >= 0.3 is 0 Å². The number of rotatable bonds is 0. The maximum atomic E-state index is 7.59. The first kappa shape index (κ1) is 9.52. The molecule has 0 aromatic heterocycles. The van der Waals surface area contributed by atoms with Crippen LogP contribution >= 0.6 is 0 Å². The molecule has 3 heteroatoms. The Morgan fingerprint density at radius 1 is 1.42 bits per heavy atom. The molecule has 1 rings (SSSR count). The zero-order chi connectivity index (χ0) is 9.14. The fourth-order valence-electron chi connectivity index (χ4n) is 1.87. The van der Waals surface area contributed by atoms with E-state index in [9.17, 15) is 0 Å². The van der Waals surface area contributed by atoms with E-state index in [2.05, 4.69) is 23.8 Å². The summed E-state index contributed by atoms with van der Waals surface area (Å²) in [5.41, 5.74) is 0. The van der Waals surface area contributed by atoms with Crippen LogP contribution in [0.2, 0.25) is 0 Å². The maximum Gasteiger partial charge on any atom is 0.0928 e. The number of hydrogen-bond donors (Lipinski definition) is 1. The molecule has 0 amide bonds. The van der Waals surface area contributed by atoms with E-state index in [-0.39, 0.29) is 0 Å². The average Bonchev–Trinajstić information content (AvgIpc) is 2.10. The summed E-state index contributed by atoms with van der Waals surface area (Å²) >= 11 is 0. The molecule has 70 valence electrons. The van der Waals surface area contributed by atoms with Crippen molar-refractivity contribution in [3.05, 3.63) is 0 Å². The molecule has 1 aliphatic heterocycles. The third-order valence-corrected chi connectivity index (χ3v) is 2.48. The molecule has 1 aliphatic rings. The standard InChI is InChI=1S/C9H19N3/c1-8-7-11(3)5-4-6-12(8)9(2)10/h8,10H,4-7H2,1-3H3. The number of amidine groups is 1. The molecular weight excluding hydrogens is 150 g/mol. The minimum Gasteiger partial charge on any atom is -0.357 e. The van der Waals surface area contributed by atoms with Gasteiger partial charge < -0.3 is 9.80 Å². The first-order chi connectivity index (χ1) is 5.61. The predicted molar refractivity (Wildman–Crippen MR) is 51.7 cm³/mol. The monoisotopic (exact) mass is 169 g/mol. The molecule has 1 fully saturated rings. The summed E-state index contributed by atoms with van der Waals surface area (Å²) in [5.74, 6) is 0.706. The van der Waals surface area contributed by atoms with E-state index in [1.807, 2.05) is 6.92 Å². The predicted octanol–water partition coefficient (Wildman–Crippen LogP) is 1.01. The van der Waals surface area contributed by atoms with Crippen LogP contribution in [0.5, 0.6) is 0 Å². The molecule has 0 spiro atoms. The molecule has 0 aromatic carbocycles. The second-order valence-electron chi connectivity index (χ2n) is 3.74. The van der Waals surface area contributed by atoms with Gasteiger partial charge in [0.15, 0.2) is 0 Å². The fourth-order valence-corrected chi connectivity index (χ4v) is 1.87. The Morgan fingerprint density at radius 3 is 2.67 bits per heavy atom. The van der Waals surface area contributed by atoms with Crippen LogP contribution in [0.15, 0.2) is 0 Å². The Kier molecular flexibility index (Phi) is 3.09. The smallest absolute Gasteiger partial charge is 0.0928 e. The van der Waals surface area contributed by atoms with Crippen molar-refractivity contribution in [1.82, 2.24) is 9.80 Å². The lowest BCUT2D eigenvalue weighted by Gasteiger charge is -2.28. The van der Waals surface area contributed by atoms with Crippen LogP contribution in [-0.2, 0) is 0 Å². The number of nitrogens with one attached hydrogen (secondary N) is 1. The summed E-state index contributed by atoms with van der Waals surface area (Å²) in [4.78, 5) is 4.52. The van der Waals surface area contributed by atoms with E-state index in [1.54, 1.807) is 0 Å². The number of nitrogens with zero attached hydrogens (tertiary/aromatic N) is 2. The van der Waals surface area contributed by atoms with Crippen molar-refractivity contribution in [2.45, 2.75) is 26.3 Å². The second-order valence-corrected chi connectivity index (χ2v) is 3.74. The van der Waals surface area contributed by atoms with Gasteiger partial charge in [-0.3, -0.25) is 5.41 Å². The third-order valence-electron chi connectivity index (χ3n) is 2.48. The summed E-state index contributed by atoms with van der Waals surface area (Å²) in [6.07, 6.45) is 1.18. The molecule has 0 aliphatic carbocycles. The van der Waals surface area contributed by atoms with Gasteiger partial charge in [-0.05, 0) is 33.9 Å². The van der Waals surface area contributed by atoms with Gasteiger partial charge in [0.05, 0.1) is 5.84 Å². The first-order valence-electron chi connectivity index (χ1n) is 4.61. The lowest BCUT2D eigenvalue weighted by atomic mass is 10.2. The Bertz CT molecular complexity index is 167. The molecule has 0 bridgehead atoms. The highest BCUT2D eigenvalue weighted by molar-refractivity contribution is 5.76. The van der Waals surface area contributed by atoms with E-state index >= 15 is 0 Å². The fraction of sp³-hybridized carbons (Fsp3) is 0.889. The number of likely N-dealkylation sites (N-methyl/N-ethyl adjacent to an activating group) is 1. The lowest BCUT2D eigenvalue weighted by Crippen LogP contribution is -2.40. The topological polar surface area (TPSA) is 30.3 Å². The Hall–Kier alpha value is -0.570. The molecule has 0 saturated carbocycles. The molecule has 0 aromatic rings. The van der Waals surface area contributed by atoms with Gasteiger partial charge in [0.1, 0.15) is 0 Å². The Labute approximate surface area is 74.9 Å². The van der Waals surface area contributed by atoms with Crippen molar-refractivity contribution in [2.75, 3.05) is 26.7 Å². The Balaban J connectivity index is 2.57. The van der Waals surface area contributed by atoms with E-state index in [4.69, 9.17) is 5.41 Å². The minimum atomic E-state index is 0.495. The van der Waals surface area contributed by atoms with Gasteiger partial charge in [0.2, 0.25) is 0 Å². The highest BCUT2D eigenvalue weighted by Gasteiger charge is 2.19. The molecule has 1 atom stereocenters. The van der Waals surface area contributed by atoms with E-state index in [0.717, 1.165) is 19.6 Å². The van der Waals surface area contributed by atoms with Crippen molar-refractivity contribution >= 4 is 5.84 Å². The molecule has 12 heavy (non-hydrogen) atoms. The van der Waals surface area contributed by atoms with Crippen molar-refractivity contribution in [3.8, 4) is 0 Å². The molecule has 1 N–H and O–H groups in total. The van der Waals surface area contributed by atoms with Crippen molar-refractivity contribution in [1.29, 1.82) is 5.41 Å². The first-order valence-corrected chi connectivity index (χ1v) is 4.61. The Morgan fingerprint density at radius 2 is 2.08 bits per heavy atom. The summed E-state index contributed by atoms with van der Waals surface area (Å²) in [7, 11) is 2.15.